The Bertz CT molecular complexity index is 922. The van der Waals surface area contributed by atoms with Gasteiger partial charge in [-0.15, -0.1) is 0 Å². The maximum Gasteiger partial charge on any atom is 0.282 e. The van der Waals surface area contributed by atoms with Gasteiger partial charge in [0.1, 0.15) is 12.2 Å². The van der Waals surface area contributed by atoms with Crippen LogP contribution in [-0.4, -0.2) is 25.5 Å². The molecule has 1 saturated heterocycles. The highest BCUT2D eigenvalue weighted by Crippen LogP contribution is 2.30. The van der Waals surface area contributed by atoms with E-state index < -0.39 is 11.8 Å². The first-order valence-electron chi connectivity index (χ1n) is 8.08. The molecule has 3 rings (SSSR count). The Hall–Kier alpha value is -3.25. The van der Waals surface area contributed by atoms with Gasteiger partial charge >= 0.3 is 0 Å². The van der Waals surface area contributed by atoms with Crippen molar-refractivity contribution in [3.05, 3.63) is 71.3 Å². The lowest BCUT2D eigenvalue weighted by atomic mass is 10.1. The highest BCUT2D eigenvalue weighted by Gasteiger charge is 2.34. The molecule has 7 heteroatoms. The Morgan fingerprint density at radius 1 is 1.15 bits per heavy atom. The molecule has 0 spiro atoms. The van der Waals surface area contributed by atoms with E-state index in [1.807, 2.05) is 0 Å². The normalized spacial score (nSPS) is 15.0. The maximum absolute atomic E-state index is 12.6. The van der Waals surface area contributed by atoms with Crippen LogP contribution in [0.5, 0.6) is 11.5 Å². The zero-order chi connectivity index (χ0) is 19.4. The summed E-state index contributed by atoms with van der Waals surface area (Å²) in [7, 11) is 1.52. The molecule has 1 fully saturated rings. The maximum atomic E-state index is 12.6. The number of benzene rings is 2. The van der Waals surface area contributed by atoms with Gasteiger partial charge in [0, 0.05) is 5.02 Å². The third-order valence-electron chi connectivity index (χ3n) is 3.83. The summed E-state index contributed by atoms with van der Waals surface area (Å²) in [5.41, 5.74) is 3.72. The van der Waals surface area contributed by atoms with E-state index in [0.717, 1.165) is 0 Å². The summed E-state index contributed by atoms with van der Waals surface area (Å²) in [6, 6.07) is 11.7. The summed E-state index contributed by atoms with van der Waals surface area (Å²) in [4.78, 5) is 24.9. The second kappa shape index (κ2) is 7.97. The van der Waals surface area contributed by atoms with Gasteiger partial charge in [0.25, 0.3) is 11.8 Å². The summed E-state index contributed by atoms with van der Waals surface area (Å²) in [5.74, 6) is 0.102. The lowest BCUT2D eigenvalue weighted by Gasteiger charge is -2.14. The van der Waals surface area contributed by atoms with Crippen molar-refractivity contribution >= 4 is 35.2 Å². The molecular formula is C20H17ClN2O4. The van der Waals surface area contributed by atoms with E-state index in [2.05, 4.69) is 12.0 Å². The van der Waals surface area contributed by atoms with Crippen molar-refractivity contribution in [2.45, 2.75) is 0 Å². The summed E-state index contributed by atoms with van der Waals surface area (Å²) < 4.78 is 10.8. The summed E-state index contributed by atoms with van der Waals surface area (Å²) in [5, 5.41) is 1.72. The fraction of sp³-hybridized carbons (Fsp3) is 0.100. The van der Waals surface area contributed by atoms with Gasteiger partial charge in [-0.3, -0.25) is 15.0 Å². The Morgan fingerprint density at radius 3 is 2.56 bits per heavy atom. The molecule has 1 aliphatic rings. The number of hydrogen-bond acceptors (Lipinski definition) is 4. The standard InChI is InChI=1S/C20H17ClN2O4/c1-3-10-27-17-9-4-13(12-18(17)26-2)11-16-19(24)22-23(20(16)25)15-7-5-14(21)6-8-15/h3-9,11-12H,1,10H2,2H3,(H,22,24)/b16-11-. The van der Waals surface area contributed by atoms with Crippen LogP contribution in [0, 0.1) is 0 Å². The third-order valence-corrected chi connectivity index (χ3v) is 4.08. The number of hydrogen-bond donors (Lipinski definition) is 1. The Labute approximate surface area is 161 Å². The van der Waals surface area contributed by atoms with Gasteiger partial charge in [-0.2, -0.15) is 0 Å². The Balaban J connectivity index is 1.88. The number of rotatable bonds is 6. The van der Waals surface area contributed by atoms with Crippen molar-refractivity contribution in [1.29, 1.82) is 0 Å². The van der Waals surface area contributed by atoms with Gasteiger partial charge in [-0.25, -0.2) is 5.01 Å². The van der Waals surface area contributed by atoms with E-state index in [0.29, 0.717) is 34.4 Å². The van der Waals surface area contributed by atoms with Crippen LogP contribution < -0.4 is 19.9 Å². The molecule has 2 amide bonds. The predicted octanol–water partition coefficient (Wildman–Crippen LogP) is 3.37. The fourth-order valence-corrected chi connectivity index (χ4v) is 2.66. The SMILES string of the molecule is C=CCOc1ccc(/C=C2/C(=O)NN(c3ccc(Cl)cc3)C2=O)cc1OC. The van der Waals surface area contributed by atoms with E-state index in [9.17, 15) is 9.59 Å². The molecule has 0 bridgehead atoms. The van der Waals surface area contributed by atoms with E-state index in [1.165, 1.54) is 18.2 Å². The van der Waals surface area contributed by atoms with Crippen molar-refractivity contribution in [3.8, 4) is 11.5 Å². The molecule has 1 heterocycles. The highest BCUT2D eigenvalue weighted by molar-refractivity contribution is 6.32. The highest BCUT2D eigenvalue weighted by atomic mass is 35.5. The van der Waals surface area contributed by atoms with Crippen LogP contribution >= 0.6 is 11.6 Å². The lowest BCUT2D eigenvalue weighted by molar-refractivity contribution is -0.117. The van der Waals surface area contributed by atoms with Crippen LogP contribution in [0.4, 0.5) is 5.69 Å². The second-order valence-corrected chi connectivity index (χ2v) is 6.06. The van der Waals surface area contributed by atoms with Gasteiger partial charge in [0.15, 0.2) is 11.5 Å². The molecule has 0 radical (unpaired) electrons. The molecule has 138 valence electrons. The minimum atomic E-state index is -0.485. The van der Waals surface area contributed by atoms with Crippen LogP contribution in [0.15, 0.2) is 60.7 Å². The van der Waals surface area contributed by atoms with E-state index >= 15 is 0 Å². The molecule has 0 atom stereocenters. The van der Waals surface area contributed by atoms with Crippen LogP contribution in [0.25, 0.3) is 6.08 Å². The predicted molar refractivity (Wildman–Crippen MR) is 104 cm³/mol. The molecule has 1 aliphatic heterocycles. The van der Waals surface area contributed by atoms with Crippen LogP contribution in [0.2, 0.25) is 5.02 Å². The number of hydrazine groups is 1. The minimum Gasteiger partial charge on any atom is -0.493 e. The number of methoxy groups -OCH3 is 1. The average molecular weight is 385 g/mol. The van der Waals surface area contributed by atoms with Crippen molar-refractivity contribution in [2.75, 3.05) is 18.7 Å². The van der Waals surface area contributed by atoms with Crippen molar-refractivity contribution in [1.82, 2.24) is 5.43 Å². The molecular weight excluding hydrogens is 368 g/mol. The molecule has 27 heavy (non-hydrogen) atoms. The number of nitrogens with zero attached hydrogens (tertiary/aromatic N) is 1. The number of amides is 2. The quantitative estimate of drug-likeness (QED) is 0.471. The van der Waals surface area contributed by atoms with Gasteiger partial charge in [-0.1, -0.05) is 30.3 Å². The smallest absolute Gasteiger partial charge is 0.282 e. The zero-order valence-electron chi connectivity index (χ0n) is 14.6. The summed E-state index contributed by atoms with van der Waals surface area (Å²) >= 11 is 5.86. The van der Waals surface area contributed by atoms with Crippen molar-refractivity contribution < 1.29 is 19.1 Å². The molecule has 1 N–H and O–H groups in total. The number of carbonyl (C=O) groups excluding carboxylic acids is 2. The first-order chi connectivity index (χ1) is 13.0. The number of halogens is 1. The van der Waals surface area contributed by atoms with E-state index in [1.54, 1.807) is 48.5 Å². The third kappa shape index (κ3) is 3.96. The van der Waals surface area contributed by atoms with Crippen LogP contribution in [-0.2, 0) is 9.59 Å². The zero-order valence-corrected chi connectivity index (χ0v) is 15.3. The monoisotopic (exact) mass is 384 g/mol. The van der Waals surface area contributed by atoms with E-state index in [4.69, 9.17) is 21.1 Å². The van der Waals surface area contributed by atoms with Crippen molar-refractivity contribution in [3.63, 3.8) is 0 Å². The number of nitrogens with one attached hydrogen (secondary N) is 1. The minimum absolute atomic E-state index is 0.0202. The van der Waals surface area contributed by atoms with Crippen LogP contribution in [0.1, 0.15) is 5.56 Å². The first kappa shape index (κ1) is 18.5. The van der Waals surface area contributed by atoms with Crippen LogP contribution in [0.3, 0.4) is 0 Å². The largest absolute Gasteiger partial charge is 0.493 e. The lowest BCUT2D eigenvalue weighted by Crippen LogP contribution is -2.35. The molecule has 0 unspecified atom stereocenters. The number of ether oxygens (including phenoxy) is 2. The van der Waals surface area contributed by atoms with Crippen molar-refractivity contribution in [2.24, 2.45) is 0 Å². The second-order valence-electron chi connectivity index (χ2n) is 5.63. The topological polar surface area (TPSA) is 67.9 Å². The molecule has 2 aromatic rings. The van der Waals surface area contributed by atoms with E-state index in [-0.39, 0.29) is 5.57 Å². The van der Waals surface area contributed by atoms with Gasteiger partial charge < -0.3 is 9.47 Å². The van der Waals surface area contributed by atoms with Gasteiger partial charge in [0.05, 0.1) is 12.8 Å². The summed E-state index contributed by atoms with van der Waals surface area (Å²) in [6.07, 6.45) is 3.13. The molecule has 0 aromatic heterocycles. The number of carbonyl (C=O) groups is 2. The average Bonchev–Trinajstić information content (AvgIpc) is 2.95. The molecule has 0 saturated carbocycles. The fourth-order valence-electron chi connectivity index (χ4n) is 2.54. The van der Waals surface area contributed by atoms with Gasteiger partial charge in [-0.05, 0) is 48.0 Å². The Morgan fingerprint density at radius 2 is 1.89 bits per heavy atom. The summed E-state index contributed by atoms with van der Waals surface area (Å²) in [6.45, 7) is 3.94. The number of anilines is 1. The molecule has 6 nitrogen and oxygen atoms in total. The Kier molecular flexibility index (Phi) is 5.47. The first-order valence-corrected chi connectivity index (χ1v) is 8.45. The molecule has 2 aromatic carbocycles. The van der Waals surface area contributed by atoms with Gasteiger partial charge in [0.2, 0.25) is 0 Å². The molecule has 0 aliphatic carbocycles.